The summed E-state index contributed by atoms with van der Waals surface area (Å²) < 4.78 is 0. The summed E-state index contributed by atoms with van der Waals surface area (Å²) in [7, 11) is 2.97. The van der Waals surface area contributed by atoms with Crippen molar-refractivity contribution < 1.29 is 0 Å². The standard InChI is InChI=1S/C12H25P/c1-9(2)11-5-6-12(7-11,8-13)10(3)4/h9-11H,5-8,13H2,1-4H3. The molecule has 0 heterocycles. The van der Waals surface area contributed by atoms with E-state index in [2.05, 4.69) is 36.9 Å². The van der Waals surface area contributed by atoms with Crippen LogP contribution in [-0.4, -0.2) is 6.16 Å². The van der Waals surface area contributed by atoms with Crippen LogP contribution in [0, 0.1) is 23.2 Å². The fraction of sp³-hybridized carbons (Fsp3) is 1.00. The van der Waals surface area contributed by atoms with Crippen LogP contribution in [0.15, 0.2) is 0 Å². The SMILES string of the molecule is CC(C)C1CCC(CP)(C(C)C)C1. The Bertz CT molecular complexity index is 163. The van der Waals surface area contributed by atoms with Gasteiger partial charge in [0.1, 0.15) is 0 Å². The second kappa shape index (κ2) is 4.30. The third-order valence-electron chi connectivity index (χ3n) is 4.26. The Hall–Kier alpha value is 0.430. The summed E-state index contributed by atoms with van der Waals surface area (Å²) >= 11 is 0. The van der Waals surface area contributed by atoms with E-state index in [9.17, 15) is 0 Å². The van der Waals surface area contributed by atoms with E-state index in [0.717, 1.165) is 17.8 Å². The highest BCUT2D eigenvalue weighted by molar-refractivity contribution is 7.16. The molecule has 3 unspecified atom stereocenters. The molecule has 0 saturated heterocycles. The van der Waals surface area contributed by atoms with Crippen molar-refractivity contribution in [3.05, 3.63) is 0 Å². The van der Waals surface area contributed by atoms with Crippen molar-refractivity contribution >= 4 is 9.24 Å². The molecule has 3 atom stereocenters. The first-order valence-electron chi connectivity index (χ1n) is 5.72. The summed E-state index contributed by atoms with van der Waals surface area (Å²) in [6.07, 6.45) is 5.68. The molecular formula is C12H25P. The zero-order chi connectivity index (χ0) is 10.1. The van der Waals surface area contributed by atoms with Gasteiger partial charge in [0.25, 0.3) is 0 Å². The van der Waals surface area contributed by atoms with Gasteiger partial charge >= 0.3 is 0 Å². The third kappa shape index (κ3) is 2.27. The van der Waals surface area contributed by atoms with Crippen molar-refractivity contribution in [2.45, 2.75) is 47.0 Å². The first-order chi connectivity index (χ1) is 6.02. The second-order valence-electron chi connectivity index (χ2n) is 5.47. The zero-order valence-corrected chi connectivity index (χ0v) is 10.8. The summed E-state index contributed by atoms with van der Waals surface area (Å²) in [4.78, 5) is 0. The normalized spacial score (nSPS) is 34.8. The van der Waals surface area contributed by atoms with Gasteiger partial charge in [-0.1, -0.05) is 27.7 Å². The Morgan fingerprint density at radius 1 is 1.31 bits per heavy atom. The molecule has 0 nitrogen and oxygen atoms in total. The largest absolute Gasteiger partial charge is 0.137 e. The van der Waals surface area contributed by atoms with Crippen LogP contribution < -0.4 is 0 Å². The van der Waals surface area contributed by atoms with Gasteiger partial charge in [0.05, 0.1) is 0 Å². The maximum atomic E-state index is 2.97. The lowest BCUT2D eigenvalue weighted by atomic mass is 9.76. The Labute approximate surface area is 86.1 Å². The third-order valence-corrected chi connectivity index (χ3v) is 5.07. The minimum atomic E-state index is 0.652. The smallest absolute Gasteiger partial charge is 0.0237 e. The zero-order valence-electron chi connectivity index (χ0n) is 9.64. The molecule has 0 aromatic heterocycles. The van der Waals surface area contributed by atoms with Crippen LogP contribution in [0.2, 0.25) is 0 Å². The highest BCUT2D eigenvalue weighted by Crippen LogP contribution is 2.50. The minimum Gasteiger partial charge on any atom is -0.137 e. The van der Waals surface area contributed by atoms with Crippen LogP contribution in [-0.2, 0) is 0 Å². The predicted molar refractivity (Wildman–Crippen MR) is 64.0 cm³/mol. The molecule has 1 rings (SSSR count). The fourth-order valence-corrected chi connectivity index (χ4v) is 3.56. The number of rotatable bonds is 3. The van der Waals surface area contributed by atoms with Gasteiger partial charge in [-0.2, -0.15) is 0 Å². The summed E-state index contributed by atoms with van der Waals surface area (Å²) in [5, 5.41) is 0. The monoisotopic (exact) mass is 200 g/mol. The average molecular weight is 200 g/mol. The molecule has 0 N–H and O–H groups in total. The molecule has 78 valence electrons. The molecule has 0 bridgehead atoms. The van der Waals surface area contributed by atoms with E-state index in [1.807, 2.05) is 0 Å². The molecule has 1 aliphatic carbocycles. The van der Waals surface area contributed by atoms with E-state index in [0.29, 0.717) is 5.41 Å². The maximum absolute atomic E-state index is 2.97. The van der Waals surface area contributed by atoms with Gasteiger partial charge in [0.15, 0.2) is 0 Å². The molecule has 0 aliphatic heterocycles. The number of hydrogen-bond donors (Lipinski definition) is 0. The van der Waals surface area contributed by atoms with Crippen molar-refractivity contribution in [1.29, 1.82) is 0 Å². The van der Waals surface area contributed by atoms with Crippen LogP contribution in [0.3, 0.4) is 0 Å². The summed E-state index contributed by atoms with van der Waals surface area (Å²) in [6, 6.07) is 0. The molecule has 1 heteroatoms. The van der Waals surface area contributed by atoms with E-state index in [4.69, 9.17) is 0 Å². The van der Waals surface area contributed by atoms with Crippen molar-refractivity contribution in [3.8, 4) is 0 Å². The summed E-state index contributed by atoms with van der Waals surface area (Å²) in [6.45, 7) is 9.55. The van der Waals surface area contributed by atoms with Crippen molar-refractivity contribution in [2.24, 2.45) is 23.2 Å². The highest BCUT2D eigenvalue weighted by Gasteiger charge is 2.40. The molecule has 1 aliphatic rings. The molecule has 0 spiro atoms. The van der Waals surface area contributed by atoms with Gasteiger partial charge in [-0.15, -0.1) is 9.24 Å². The van der Waals surface area contributed by atoms with Gasteiger partial charge in [0.2, 0.25) is 0 Å². The minimum absolute atomic E-state index is 0.652. The summed E-state index contributed by atoms with van der Waals surface area (Å²) in [5.41, 5.74) is 0.652. The van der Waals surface area contributed by atoms with Crippen LogP contribution >= 0.6 is 9.24 Å². The maximum Gasteiger partial charge on any atom is -0.0237 e. The molecule has 1 fully saturated rings. The highest BCUT2D eigenvalue weighted by atomic mass is 31.0. The van der Waals surface area contributed by atoms with E-state index >= 15 is 0 Å². The quantitative estimate of drug-likeness (QED) is 0.605. The van der Waals surface area contributed by atoms with Crippen LogP contribution in [0.4, 0.5) is 0 Å². The molecular weight excluding hydrogens is 175 g/mol. The van der Waals surface area contributed by atoms with Crippen molar-refractivity contribution in [3.63, 3.8) is 0 Å². The molecule has 0 aromatic carbocycles. The van der Waals surface area contributed by atoms with Crippen molar-refractivity contribution in [2.75, 3.05) is 6.16 Å². The van der Waals surface area contributed by atoms with Gasteiger partial charge in [0, 0.05) is 0 Å². The molecule has 1 saturated carbocycles. The Morgan fingerprint density at radius 2 is 1.92 bits per heavy atom. The summed E-state index contributed by atoms with van der Waals surface area (Å²) in [5.74, 6) is 2.73. The fourth-order valence-electron chi connectivity index (χ4n) is 2.71. The lowest BCUT2D eigenvalue weighted by molar-refractivity contribution is 0.215. The lowest BCUT2D eigenvalue weighted by Gasteiger charge is -2.33. The molecule has 0 amide bonds. The Morgan fingerprint density at radius 3 is 2.15 bits per heavy atom. The van der Waals surface area contributed by atoms with E-state index in [1.165, 1.54) is 25.4 Å². The number of hydrogen-bond acceptors (Lipinski definition) is 0. The van der Waals surface area contributed by atoms with Gasteiger partial charge in [-0.05, 0) is 48.6 Å². The second-order valence-corrected chi connectivity index (χ2v) is 5.88. The lowest BCUT2D eigenvalue weighted by Crippen LogP contribution is -2.26. The van der Waals surface area contributed by atoms with Crippen LogP contribution in [0.25, 0.3) is 0 Å². The van der Waals surface area contributed by atoms with E-state index in [-0.39, 0.29) is 0 Å². The predicted octanol–water partition coefficient (Wildman–Crippen LogP) is 3.96. The van der Waals surface area contributed by atoms with Crippen LogP contribution in [0.1, 0.15) is 47.0 Å². The molecule has 0 aromatic rings. The average Bonchev–Trinajstić information content (AvgIpc) is 2.49. The van der Waals surface area contributed by atoms with E-state index < -0.39 is 0 Å². The molecule has 13 heavy (non-hydrogen) atoms. The Balaban J connectivity index is 2.63. The molecule has 0 radical (unpaired) electrons. The van der Waals surface area contributed by atoms with Gasteiger partial charge < -0.3 is 0 Å². The Kier molecular flexibility index (Phi) is 3.81. The first-order valence-corrected chi connectivity index (χ1v) is 6.53. The first kappa shape index (κ1) is 11.5. The van der Waals surface area contributed by atoms with E-state index in [1.54, 1.807) is 0 Å². The van der Waals surface area contributed by atoms with Gasteiger partial charge in [-0.25, -0.2) is 0 Å². The van der Waals surface area contributed by atoms with Crippen LogP contribution in [0.5, 0.6) is 0 Å². The van der Waals surface area contributed by atoms with Gasteiger partial charge in [-0.3, -0.25) is 0 Å². The van der Waals surface area contributed by atoms with Crippen molar-refractivity contribution in [1.82, 2.24) is 0 Å². The topological polar surface area (TPSA) is 0 Å².